The molecule has 6 nitrogen and oxygen atoms in total. The van der Waals surface area contributed by atoms with Crippen molar-refractivity contribution in [3.63, 3.8) is 0 Å². The second kappa shape index (κ2) is 6.00. The van der Waals surface area contributed by atoms with E-state index in [1.165, 1.54) is 5.56 Å². The molecule has 0 aliphatic rings. The Labute approximate surface area is 134 Å². The van der Waals surface area contributed by atoms with E-state index in [1.54, 1.807) is 23.0 Å². The number of hydrogen-bond donors (Lipinski definition) is 1. The van der Waals surface area contributed by atoms with E-state index in [-0.39, 0.29) is 11.9 Å². The quantitative estimate of drug-likeness (QED) is 0.807. The second-order valence-corrected chi connectivity index (χ2v) is 5.39. The summed E-state index contributed by atoms with van der Waals surface area (Å²) in [6, 6.07) is 11.5. The van der Waals surface area contributed by atoms with Crippen LogP contribution in [0, 0.1) is 20.8 Å². The SMILES string of the molecule is Cc1ccc(-n2nc(C(=O)Nc3nccc(C)n3)cc2C)cc1. The molecule has 0 saturated heterocycles. The molecule has 3 aromatic rings. The molecule has 1 N–H and O–H groups in total. The summed E-state index contributed by atoms with van der Waals surface area (Å²) in [5.41, 5.74) is 4.08. The fourth-order valence-electron chi connectivity index (χ4n) is 2.21. The van der Waals surface area contributed by atoms with Gasteiger partial charge in [0.15, 0.2) is 5.69 Å². The van der Waals surface area contributed by atoms with E-state index in [1.807, 2.05) is 45.0 Å². The lowest BCUT2D eigenvalue weighted by Crippen LogP contribution is -2.15. The number of aromatic nitrogens is 4. The van der Waals surface area contributed by atoms with Crippen LogP contribution >= 0.6 is 0 Å². The van der Waals surface area contributed by atoms with Crippen LogP contribution in [0.15, 0.2) is 42.6 Å². The van der Waals surface area contributed by atoms with E-state index in [0.717, 1.165) is 17.1 Å². The molecule has 1 aromatic carbocycles. The van der Waals surface area contributed by atoms with E-state index in [4.69, 9.17) is 0 Å². The molecule has 6 heteroatoms. The van der Waals surface area contributed by atoms with Crippen molar-refractivity contribution in [1.29, 1.82) is 0 Å². The smallest absolute Gasteiger partial charge is 0.278 e. The van der Waals surface area contributed by atoms with Gasteiger partial charge in [0, 0.05) is 17.6 Å². The molecular formula is C17H17N5O. The summed E-state index contributed by atoms with van der Waals surface area (Å²) in [4.78, 5) is 20.5. The van der Waals surface area contributed by atoms with Crippen LogP contribution < -0.4 is 5.32 Å². The molecule has 1 amide bonds. The van der Waals surface area contributed by atoms with Crippen LogP contribution in [-0.2, 0) is 0 Å². The van der Waals surface area contributed by atoms with Crippen LogP contribution in [0.2, 0.25) is 0 Å². The lowest BCUT2D eigenvalue weighted by atomic mass is 10.2. The van der Waals surface area contributed by atoms with Gasteiger partial charge in [0.2, 0.25) is 5.95 Å². The first-order valence-corrected chi connectivity index (χ1v) is 7.27. The Morgan fingerprint density at radius 1 is 1.09 bits per heavy atom. The third kappa shape index (κ3) is 3.26. The Balaban J connectivity index is 1.85. The van der Waals surface area contributed by atoms with Crippen LogP contribution in [-0.4, -0.2) is 25.7 Å². The van der Waals surface area contributed by atoms with Crippen molar-refractivity contribution in [3.05, 3.63) is 65.2 Å². The van der Waals surface area contributed by atoms with E-state index < -0.39 is 0 Å². The minimum absolute atomic E-state index is 0.275. The van der Waals surface area contributed by atoms with Gasteiger partial charge in [-0.15, -0.1) is 0 Å². The van der Waals surface area contributed by atoms with Gasteiger partial charge in [-0.25, -0.2) is 14.6 Å². The number of hydrogen-bond acceptors (Lipinski definition) is 4. The lowest BCUT2D eigenvalue weighted by Gasteiger charge is -2.04. The third-order valence-corrected chi connectivity index (χ3v) is 3.42. The molecule has 0 bridgehead atoms. The highest BCUT2D eigenvalue weighted by molar-refractivity contribution is 6.01. The predicted molar refractivity (Wildman–Crippen MR) is 87.8 cm³/mol. The van der Waals surface area contributed by atoms with Crippen molar-refractivity contribution in [1.82, 2.24) is 19.7 Å². The molecule has 3 rings (SSSR count). The fourth-order valence-corrected chi connectivity index (χ4v) is 2.21. The number of nitrogens with one attached hydrogen (secondary N) is 1. The monoisotopic (exact) mass is 307 g/mol. The zero-order chi connectivity index (χ0) is 16.4. The molecular weight excluding hydrogens is 290 g/mol. The average Bonchev–Trinajstić information content (AvgIpc) is 2.90. The summed E-state index contributed by atoms with van der Waals surface area (Å²) in [7, 11) is 0. The Hall–Kier alpha value is -3.02. The molecule has 0 radical (unpaired) electrons. The van der Waals surface area contributed by atoms with Crippen LogP contribution in [0.3, 0.4) is 0 Å². The van der Waals surface area contributed by atoms with E-state index in [0.29, 0.717) is 5.69 Å². The predicted octanol–water partition coefficient (Wildman–Crippen LogP) is 2.84. The number of aryl methyl sites for hydroxylation is 3. The maximum atomic E-state index is 12.3. The van der Waals surface area contributed by atoms with E-state index in [9.17, 15) is 4.79 Å². The molecule has 0 saturated carbocycles. The number of amides is 1. The molecule has 0 unspecified atom stereocenters. The Kier molecular flexibility index (Phi) is 3.89. The summed E-state index contributed by atoms with van der Waals surface area (Å²) < 4.78 is 1.74. The maximum absolute atomic E-state index is 12.3. The lowest BCUT2D eigenvalue weighted by molar-refractivity contribution is 0.102. The van der Waals surface area contributed by atoms with Crippen LogP contribution in [0.1, 0.15) is 27.4 Å². The standard InChI is InChI=1S/C17H17N5O/c1-11-4-6-14(7-5-11)22-13(3)10-15(21-22)16(23)20-17-18-9-8-12(2)19-17/h4-10H,1-3H3,(H,18,19,20,23). The topological polar surface area (TPSA) is 72.7 Å². The van der Waals surface area contributed by atoms with Gasteiger partial charge >= 0.3 is 0 Å². The second-order valence-electron chi connectivity index (χ2n) is 5.39. The molecule has 0 spiro atoms. The third-order valence-electron chi connectivity index (χ3n) is 3.42. The van der Waals surface area contributed by atoms with Gasteiger partial charge in [-0.05, 0) is 45.0 Å². The highest BCUT2D eigenvalue weighted by Crippen LogP contribution is 2.14. The van der Waals surface area contributed by atoms with Gasteiger partial charge in [0.25, 0.3) is 5.91 Å². The van der Waals surface area contributed by atoms with Gasteiger partial charge in [0.1, 0.15) is 0 Å². The molecule has 116 valence electrons. The van der Waals surface area contributed by atoms with Gasteiger partial charge < -0.3 is 0 Å². The first-order valence-electron chi connectivity index (χ1n) is 7.27. The number of rotatable bonds is 3. The Morgan fingerprint density at radius 3 is 2.52 bits per heavy atom. The van der Waals surface area contributed by atoms with E-state index >= 15 is 0 Å². The van der Waals surface area contributed by atoms with Crippen LogP contribution in [0.4, 0.5) is 5.95 Å². The van der Waals surface area contributed by atoms with Crippen molar-refractivity contribution in [2.75, 3.05) is 5.32 Å². The van der Waals surface area contributed by atoms with Gasteiger partial charge in [-0.2, -0.15) is 5.10 Å². The first kappa shape index (κ1) is 14.9. The number of nitrogens with zero attached hydrogens (tertiary/aromatic N) is 4. The van der Waals surface area contributed by atoms with Crippen LogP contribution in [0.5, 0.6) is 0 Å². The normalized spacial score (nSPS) is 10.6. The summed E-state index contributed by atoms with van der Waals surface area (Å²) in [6.45, 7) is 5.78. The summed E-state index contributed by atoms with van der Waals surface area (Å²) >= 11 is 0. The Bertz CT molecular complexity index is 852. The summed E-state index contributed by atoms with van der Waals surface area (Å²) in [5.74, 6) is -0.0536. The zero-order valence-electron chi connectivity index (χ0n) is 13.2. The first-order chi connectivity index (χ1) is 11.0. The number of carbonyl (C=O) groups excluding carboxylic acids is 1. The van der Waals surface area contributed by atoms with E-state index in [2.05, 4.69) is 20.4 Å². The largest absolute Gasteiger partial charge is 0.289 e. The van der Waals surface area contributed by atoms with Crippen molar-refractivity contribution in [3.8, 4) is 5.69 Å². The molecule has 2 aromatic heterocycles. The van der Waals surface area contributed by atoms with Crippen molar-refractivity contribution >= 4 is 11.9 Å². The fraction of sp³-hybridized carbons (Fsp3) is 0.176. The molecule has 0 fully saturated rings. The molecule has 0 atom stereocenters. The van der Waals surface area contributed by atoms with Crippen molar-refractivity contribution in [2.24, 2.45) is 0 Å². The Morgan fingerprint density at radius 2 is 1.83 bits per heavy atom. The highest BCUT2D eigenvalue weighted by Gasteiger charge is 2.14. The molecule has 0 aliphatic carbocycles. The van der Waals surface area contributed by atoms with Gasteiger partial charge in [-0.1, -0.05) is 17.7 Å². The minimum atomic E-state index is -0.329. The number of benzene rings is 1. The molecule has 0 aliphatic heterocycles. The minimum Gasteiger partial charge on any atom is -0.289 e. The summed E-state index contributed by atoms with van der Waals surface area (Å²) in [5, 5.41) is 7.04. The molecule has 2 heterocycles. The van der Waals surface area contributed by atoms with Crippen molar-refractivity contribution in [2.45, 2.75) is 20.8 Å². The maximum Gasteiger partial charge on any atom is 0.278 e. The van der Waals surface area contributed by atoms with Gasteiger partial charge in [0.05, 0.1) is 5.69 Å². The van der Waals surface area contributed by atoms with Crippen molar-refractivity contribution < 1.29 is 4.79 Å². The highest BCUT2D eigenvalue weighted by atomic mass is 16.2. The van der Waals surface area contributed by atoms with Gasteiger partial charge in [-0.3, -0.25) is 10.1 Å². The zero-order valence-corrected chi connectivity index (χ0v) is 13.2. The number of anilines is 1. The van der Waals surface area contributed by atoms with Crippen LogP contribution in [0.25, 0.3) is 5.69 Å². The summed E-state index contributed by atoms with van der Waals surface area (Å²) in [6.07, 6.45) is 1.61. The number of carbonyl (C=O) groups is 1. The average molecular weight is 307 g/mol. The molecule has 23 heavy (non-hydrogen) atoms.